The summed E-state index contributed by atoms with van der Waals surface area (Å²) in [5.41, 5.74) is 6.57. The molecule has 5 nitrogen and oxygen atoms in total. The zero-order valence-electron chi connectivity index (χ0n) is 7.52. The van der Waals surface area contributed by atoms with Gasteiger partial charge in [0.15, 0.2) is 5.84 Å². The van der Waals surface area contributed by atoms with E-state index in [4.69, 9.17) is 10.8 Å². The van der Waals surface area contributed by atoms with Gasteiger partial charge >= 0.3 is 0 Å². The Labute approximate surface area is 90.1 Å². The summed E-state index contributed by atoms with van der Waals surface area (Å²) in [6, 6.07) is 0.190. The molecule has 14 heavy (non-hydrogen) atoms. The van der Waals surface area contributed by atoms with E-state index in [1.54, 1.807) is 0 Å². The maximum absolute atomic E-state index is 8.90. The van der Waals surface area contributed by atoms with Gasteiger partial charge in [-0.15, -0.1) is 0 Å². The van der Waals surface area contributed by atoms with E-state index in [1.165, 1.54) is 6.34 Å². The van der Waals surface area contributed by atoms with E-state index < -0.39 is 0 Å². The van der Waals surface area contributed by atoms with E-state index >= 15 is 0 Å². The second kappa shape index (κ2) is 3.70. The van der Waals surface area contributed by atoms with Crippen molar-refractivity contribution in [3.63, 3.8) is 0 Å². The molecular formula is C8H11BrN4O. The molecular weight excluding hydrogens is 248 g/mol. The van der Waals surface area contributed by atoms with Crippen LogP contribution < -0.4 is 5.73 Å². The fourth-order valence-corrected chi connectivity index (χ4v) is 2.44. The zero-order valence-corrected chi connectivity index (χ0v) is 9.11. The molecule has 1 unspecified atom stereocenters. The summed E-state index contributed by atoms with van der Waals surface area (Å²) in [4.78, 5) is 3.93. The van der Waals surface area contributed by atoms with Gasteiger partial charge in [-0.25, -0.2) is 4.99 Å². The van der Waals surface area contributed by atoms with Crippen molar-refractivity contribution in [1.82, 2.24) is 5.01 Å². The molecule has 2 rings (SSSR count). The maximum Gasteiger partial charge on any atom is 0.151 e. The van der Waals surface area contributed by atoms with Gasteiger partial charge in [0.25, 0.3) is 0 Å². The van der Waals surface area contributed by atoms with E-state index in [0.29, 0.717) is 12.3 Å². The molecule has 0 spiro atoms. The summed E-state index contributed by atoms with van der Waals surface area (Å²) in [6.07, 6.45) is 2.95. The lowest BCUT2D eigenvalue weighted by molar-refractivity contribution is 0.214. The Bertz CT molecular complexity index is 336. The Hall–Kier alpha value is -0.880. The highest BCUT2D eigenvalue weighted by Gasteiger charge is 2.33. The number of fused-ring (bicyclic) bond motifs is 1. The Morgan fingerprint density at radius 1 is 1.71 bits per heavy atom. The van der Waals surface area contributed by atoms with Gasteiger partial charge in [-0.1, -0.05) is 15.9 Å². The number of aliphatic imine (C=N–C) groups is 1. The molecule has 0 bridgehead atoms. The Morgan fingerprint density at radius 3 is 3.21 bits per heavy atom. The van der Waals surface area contributed by atoms with Gasteiger partial charge in [0, 0.05) is 17.5 Å². The van der Waals surface area contributed by atoms with E-state index in [2.05, 4.69) is 26.0 Å². The zero-order chi connectivity index (χ0) is 10.1. The minimum Gasteiger partial charge on any atom is -0.396 e. The highest BCUT2D eigenvalue weighted by Crippen LogP contribution is 2.35. The number of aliphatic hydroxyl groups is 1. The van der Waals surface area contributed by atoms with Crippen LogP contribution in [0.1, 0.15) is 12.8 Å². The lowest BCUT2D eigenvalue weighted by Gasteiger charge is -2.25. The van der Waals surface area contributed by atoms with Crippen molar-refractivity contribution in [2.24, 2.45) is 15.8 Å². The molecule has 0 aromatic rings. The number of rotatable bonds is 2. The highest BCUT2D eigenvalue weighted by atomic mass is 79.9. The summed E-state index contributed by atoms with van der Waals surface area (Å²) in [5, 5.41) is 14.9. The van der Waals surface area contributed by atoms with E-state index in [1.807, 2.05) is 5.01 Å². The lowest BCUT2D eigenvalue weighted by Crippen LogP contribution is -2.34. The van der Waals surface area contributed by atoms with Gasteiger partial charge in [-0.2, -0.15) is 5.10 Å². The number of halogens is 1. The van der Waals surface area contributed by atoms with E-state index in [9.17, 15) is 0 Å². The number of nitrogens with zero attached hydrogens (tertiary/aromatic N) is 3. The Kier molecular flexibility index (Phi) is 2.56. The van der Waals surface area contributed by atoms with Crippen LogP contribution in [0, 0.1) is 0 Å². The van der Waals surface area contributed by atoms with Crippen molar-refractivity contribution < 1.29 is 5.11 Å². The number of hydrogen-bond donors (Lipinski definition) is 2. The molecule has 0 aliphatic carbocycles. The van der Waals surface area contributed by atoms with Crippen molar-refractivity contribution in [2.75, 3.05) is 6.61 Å². The third kappa shape index (κ3) is 1.44. The van der Waals surface area contributed by atoms with Gasteiger partial charge in [-0.3, -0.25) is 5.01 Å². The number of aliphatic hydroxyl groups excluding tert-OH is 1. The first kappa shape index (κ1) is 9.67. The molecule has 76 valence electrons. The SMILES string of the molecule is NC1=NC=NN2C1=C(Br)CC2CCO. The van der Waals surface area contributed by atoms with E-state index in [0.717, 1.165) is 16.6 Å². The summed E-state index contributed by atoms with van der Waals surface area (Å²) >= 11 is 3.45. The van der Waals surface area contributed by atoms with Crippen LogP contribution in [0.3, 0.4) is 0 Å². The van der Waals surface area contributed by atoms with Gasteiger partial charge in [0.05, 0.1) is 6.04 Å². The molecule has 2 heterocycles. The summed E-state index contributed by atoms with van der Waals surface area (Å²) in [7, 11) is 0. The van der Waals surface area contributed by atoms with Crippen LogP contribution >= 0.6 is 15.9 Å². The van der Waals surface area contributed by atoms with Crippen molar-refractivity contribution in [1.29, 1.82) is 0 Å². The van der Waals surface area contributed by atoms with E-state index in [-0.39, 0.29) is 12.6 Å². The molecule has 0 saturated heterocycles. The van der Waals surface area contributed by atoms with Gasteiger partial charge < -0.3 is 10.8 Å². The standard InChI is InChI=1S/C8H11BrN4O/c9-6-3-5(1-2-14)13-7(6)8(10)11-4-12-13/h4-5,14H,1-3H2,(H2,10,11,12). The van der Waals surface area contributed by atoms with Crippen LogP contribution in [0.15, 0.2) is 20.3 Å². The molecule has 6 heteroatoms. The molecule has 0 aromatic carbocycles. The fraction of sp³-hybridized carbons (Fsp3) is 0.500. The van der Waals surface area contributed by atoms with Crippen LogP contribution in [0.5, 0.6) is 0 Å². The quantitative estimate of drug-likeness (QED) is 0.752. The summed E-state index contributed by atoms with van der Waals surface area (Å²) in [5.74, 6) is 0.479. The normalized spacial score (nSPS) is 25.4. The average molecular weight is 259 g/mol. The summed E-state index contributed by atoms with van der Waals surface area (Å²) in [6.45, 7) is 0.154. The first-order chi connectivity index (χ1) is 6.74. The Balaban J connectivity index is 2.25. The highest BCUT2D eigenvalue weighted by molar-refractivity contribution is 9.11. The van der Waals surface area contributed by atoms with Gasteiger partial charge in [0.1, 0.15) is 12.0 Å². The maximum atomic E-state index is 8.90. The second-order valence-corrected chi connectivity index (χ2v) is 4.17. The average Bonchev–Trinajstić information content (AvgIpc) is 2.46. The largest absolute Gasteiger partial charge is 0.396 e. The first-order valence-electron chi connectivity index (χ1n) is 4.39. The van der Waals surface area contributed by atoms with Crippen LogP contribution in [0.2, 0.25) is 0 Å². The molecule has 2 aliphatic heterocycles. The second-order valence-electron chi connectivity index (χ2n) is 3.21. The minimum atomic E-state index is 0.154. The fourth-order valence-electron chi connectivity index (χ4n) is 1.68. The third-order valence-electron chi connectivity index (χ3n) is 2.32. The topological polar surface area (TPSA) is 74.2 Å². The molecule has 2 aliphatic rings. The molecule has 0 saturated carbocycles. The predicted molar refractivity (Wildman–Crippen MR) is 58.0 cm³/mol. The van der Waals surface area contributed by atoms with Crippen LogP contribution in [-0.2, 0) is 0 Å². The number of hydrazone groups is 1. The Morgan fingerprint density at radius 2 is 2.50 bits per heavy atom. The third-order valence-corrected chi connectivity index (χ3v) is 3.02. The van der Waals surface area contributed by atoms with Gasteiger partial charge in [0.2, 0.25) is 0 Å². The smallest absolute Gasteiger partial charge is 0.151 e. The van der Waals surface area contributed by atoms with Crippen molar-refractivity contribution in [2.45, 2.75) is 18.9 Å². The molecule has 0 fully saturated rings. The molecule has 1 atom stereocenters. The summed E-state index contributed by atoms with van der Waals surface area (Å²) < 4.78 is 1.01. The molecule has 0 radical (unpaired) electrons. The number of amidine groups is 1. The first-order valence-corrected chi connectivity index (χ1v) is 5.18. The molecule has 0 amide bonds. The number of nitrogens with two attached hydrogens (primary N) is 1. The molecule has 0 aromatic heterocycles. The van der Waals surface area contributed by atoms with Crippen molar-refractivity contribution >= 4 is 28.1 Å². The van der Waals surface area contributed by atoms with Crippen molar-refractivity contribution in [3.05, 3.63) is 10.2 Å². The van der Waals surface area contributed by atoms with Crippen LogP contribution in [-0.4, -0.2) is 34.9 Å². The number of hydrogen-bond acceptors (Lipinski definition) is 5. The van der Waals surface area contributed by atoms with Crippen LogP contribution in [0.4, 0.5) is 0 Å². The monoisotopic (exact) mass is 258 g/mol. The lowest BCUT2D eigenvalue weighted by atomic mass is 10.2. The van der Waals surface area contributed by atoms with Crippen molar-refractivity contribution in [3.8, 4) is 0 Å². The predicted octanol–water partition coefficient (Wildman–Crippen LogP) is 0.364. The van der Waals surface area contributed by atoms with Gasteiger partial charge in [-0.05, 0) is 6.42 Å². The van der Waals surface area contributed by atoms with Crippen LogP contribution in [0.25, 0.3) is 0 Å². The molecule has 3 N–H and O–H groups in total. The minimum absolute atomic E-state index is 0.154.